The number of aromatic amines is 1. The van der Waals surface area contributed by atoms with Gasteiger partial charge in [-0.05, 0) is 32.6 Å². The minimum absolute atomic E-state index is 0.622. The van der Waals surface area contributed by atoms with Crippen LogP contribution < -0.4 is 4.57 Å². The van der Waals surface area contributed by atoms with E-state index in [1.807, 2.05) is 0 Å². The van der Waals surface area contributed by atoms with Gasteiger partial charge in [-0.2, -0.15) is 0 Å². The van der Waals surface area contributed by atoms with Gasteiger partial charge in [-0.15, -0.1) is 0 Å². The van der Waals surface area contributed by atoms with Crippen LogP contribution in [0.1, 0.15) is 187 Å². The van der Waals surface area contributed by atoms with E-state index in [4.69, 9.17) is 0 Å². The molecule has 0 aliphatic heterocycles. The molecule has 0 saturated heterocycles. The van der Waals surface area contributed by atoms with E-state index in [-0.39, 0.29) is 0 Å². The maximum atomic E-state index is 3.64. The number of hydrogen-bond donors (Lipinski definition) is 1. The third-order valence-electron chi connectivity index (χ3n) is 7.64. The molecule has 2 heteroatoms. The highest BCUT2D eigenvalue weighted by Gasteiger charge is 2.25. The van der Waals surface area contributed by atoms with Crippen LogP contribution in [0.15, 0.2) is 12.4 Å². The van der Waals surface area contributed by atoms with E-state index in [1.165, 1.54) is 147 Å². The number of imidazole rings is 1. The van der Waals surface area contributed by atoms with Crippen LogP contribution in [0.25, 0.3) is 0 Å². The van der Waals surface area contributed by atoms with Gasteiger partial charge in [-0.25, -0.2) is 9.55 Å². The highest BCUT2D eigenvalue weighted by molar-refractivity contribution is 4.90. The second kappa shape index (κ2) is 21.7. The first-order chi connectivity index (χ1) is 16.2. The monoisotopic (exact) mass is 461 g/mol. The molecule has 2 atom stereocenters. The smallest absolute Gasteiger partial charge is 0.247 e. The van der Waals surface area contributed by atoms with Gasteiger partial charge in [-0.3, -0.25) is 0 Å². The molecule has 0 radical (unpaired) electrons. The van der Waals surface area contributed by atoms with Crippen molar-refractivity contribution in [3.05, 3.63) is 18.2 Å². The molecule has 194 valence electrons. The summed E-state index contributed by atoms with van der Waals surface area (Å²) >= 11 is 0. The Kier molecular flexibility index (Phi) is 19.9. The Morgan fingerprint density at radius 2 is 1.00 bits per heavy atom. The molecular weight excluding hydrogens is 400 g/mol. The molecule has 0 fully saturated rings. The Morgan fingerprint density at radius 1 is 0.576 bits per heavy atom. The average molecular weight is 462 g/mol. The van der Waals surface area contributed by atoms with Gasteiger partial charge in [0.25, 0.3) is 5.82 Å². The van der Waals surface area contributed by atoms with Gasteiger partial charge in [0.2, 0.25) is 0 Å². The lowest BCUT2D eigenvalue weighted by Crippen LogP contribution is -2.41. The Morgan fingerprint density at radius 3 is 1.52 bits per heavy atom. The molecule has 33 heavy (non-hydrogen) atoms. The van der Waals surface area contributed by atoms with Gasteiger partial charge in [-0.1, -0.05) is 136 Å². The van der Waals surface area contributed by atoms with Crippen molar-refractivity contribution in [1.82, 2.24) is 4.98 Å². The molecule has 0 spiro atoms. The van der Waals surface area contributed by atoms with Gasteiger partial charge >= 0.3 is 0 Å². The number of nitrogens with one attached hydrogen (secondary N) is 1. The molecule has 1 aromatic heterocycles. The normalized spacial score (nSPS) is 13.5. The third kappa shape index (κ3) is 14.9. The fourth-order valence-electron chi connectivity index (χ4n) is 5.34. The van der Waals surface area contributed by atoms with Crippen molar-refractivity contribution in [2.24, 2.45) is 0 Å². The fraction of sp³-hybridized carbons (Fsp3) is 0.903. The summed E-state index contributed by atoms with van der Waals surface area (Å²) < 4.78 is 2.56. The lowest BCUT2D eigenvalue weighted by atomic mass is 9.93. The summed E-state index contributed by atoms with van der Waals surface area (Å²) in [4.78, 5) is 3.64. The Bertz CT molecular complexity index is 521. The van der Waals surface area contributed by atoms with E-state index in [9.17, 15) is 0 Å². The van der Waals surface area contributed by atoms with Crippen LogP contribution >= 0.6 is 0 Å². The second-order valence-electron chi connectivity index (χ2n) is 10.8. The largest absolute Gasteiger partial charge is 0.257 e. The Labute approximate surface area is 208 Å². The van der Waals surface area contributed by atoms with Crippen molar-refractivity contribution in [3.63, 3.8) is 0 Å². The van der Waals surface area contributed by atoms with Crippen LogP contribution in [-0.4, -0.2) is 4.98 Å². The maximum absolute atomic E-state index is 3.64. The number of unbranched alkanes of at least 4 members (excludes halogenated alkanes) is 16. The molecule has 2 nitrogen and oxygen atoms in total. The molecule has 1 N–H and O–H groups in total. The van der Waals surface area contributed by atoms with Gasteiger partial charge < -0.3 is 0 Å². The van der Waals surface area contributed by atoms with Crippen LogP contribution in [0.2, 0.25) is 0 Å². The molecule has 1 heterocycles. The minimum atomic E-state index is 0.622. The predicted molar refractivity (Wildman–Crippen MR) is 147 cm³/mol. The molecule has 0 aliphatic carbocycles. The number of H-pyrrole nitrogens is 1. The zero-order chi connectivity index (χ0) is 24.0. The van der Waals surface area contributed by atoms with Gasteiger partial charge in [0.05, 0.1) is 12.0 Å². The number of rotatable bonds is 24. The summed E-state index contributed by atoms with van der Waals surface area (Å²) in [5, 5.41) is 0. The number of hydrogen-bond acceptors (Lipinski definition) is 0. The maximum Gasteiger partial charge on any atom is 0.257 e. The van der Waals surface area contributed by atoms with Crippen LogP contribution in [0.3, 0.4) is 0 Å². The second-order valence-corrected chi connectivity index (χ2v) is 10.8. The van der Waals surface area contributed by atoms with Crippen molar-refractivity contribution in [1.29, 1.82) is 0 Å². The van der Waals surface area contributed by atoms with Crippen molar-refractivity contribution < 1.29 is 4.57 Å². The van der Waals surface area contributed by atoms with Crippen molar-refractivity contribution in [2.45, 2.75) is 181 Å². The quantitative estimate of drug-likeness (QED) is 0.117. The fourth-order valence-corrected chi connectivity index (χ4v) is 5.34. The summed E-state index contributed by atoms with van der Waals surface area (Å²) in [5.41, 5.74) is 0. The standard InChI is InChI=1S/C31H60N2/c1-5-8-11-12-13-14-15-16-17-18-19-20-21-22-23-26-30(25-10-7-3)31-32-27-28-33(31)29(4)24-9-6-2/h27-30H,5-26H2,1-4H3/p+1. The third-order valence-corrected chi connectivity index (χ3v) is 7.64. The SMILES string of the molecule is CCCCCCCCCCCCCCCCCC(CCCC)c1[nH]cc[n+]1C(C)CCCC. The van der Waals surface area contributed by atoms with E-state index in [0.29, 0.717) is 12.0 Å². The first-order valence-electron chi connectivity index (χ1n) is 15.3. The molecule has 0 saturated carbocycles. The van der Waals surface area contributed by atoms with E-state index in [2.05, 4.69) is 49.6 Å². The topological polar surface area (TPSA) is 19.7 Å². The molecule has 0 aromatic carbocycles. The van der Waals surface area contributed by atoms with Crippen LogP contribution in [0.5, 0.6) is 0 Å². The zero-order valence-corrected chi connectivity index (χ0v) is 23.3. The Hall–Kier alpha value is -0.790. The van der Waals surface area contributed by atoms with Crippen molar-refractivity contribution in [2.75, 3.05) is 0 Å². The van der Waals surface area contributed by atoms with Crippen molar-refractivity contribution in [3.8, 4) is 0 Å². The van der Waals surface area contributed by atoms with E-state index < -0.39 is 0 Å². The molecule has 2 unspecified atom stereocenters. The molecule has 0 amide bonds. The van der Waals surface area contributed by atoms with E-state index in [1.54, 1.807) is 0 Å². The van der Waals surface area contributed by atoms with Gasteiger partial charge in [0, 0.05) is 0 Å². The zero-order valence-electron chi connectivity index (χ0n) is 23.3. The van der Waals surface area contributed by atoms with E-state index >= 15 is 0 Å². The summed E-state index contributed by atoms with van der Waals surface area (Å²) in [5.74, 6) is 2.21. The highest BCUT2D eigenvalue weighted by Crippen LogP contribution is 2.26. The van der Waals surface area contributed by atoms with Crippen molar-refractivity contribution >= 4 is 0 Å². The Balaban J connectivity index is 2.15. The molecule has 0 bridgehead atoms. The molecule has 0 aliphatic rings. The van der Waals surface area contributed by atoms with Crippen LogP contribution in [0, 0.1) is 0 Å². The van der Waals surface area contributed by atoms with Crippen LogP contribution in [-0.2, 0) is 0 Å². The molecule has 1 aromatic rings. The summed E-state index contributed by atoms with van der Waals surface area (Å²) in [7, 11) is 0. The summed E-state index contributed by atoms with van der Waals surface area (Å²) in [6.45, 7) is 9.34. The van der Waals surface area contributed by atoms with Crippen LogP contribution in [0.4, 0.5) is 0 Å². The first-order valence-corrected chi connectivity index (χ1v) is 15.3. The number of nitrogens with zero attached hydrogens (tertiary/aromatic N) is 1. The predicted octanol–water partition coefficient (Wildman–Crippen LogP) is 10.6. The van der Waals surface area contributed by atoms with Gasteiger partial charge in [0.15, 0.2) is 0 Å². The van der Waals surface area contributed by atoms with Gasteiger partial charge in [0.1, 0.15) is 12.4 Å². The number of aromatic nitrogens is 2. The summed E-state index contributed by atoms with van der Waals surface area (Å²) in [6.07, 6.45) is 35.5. The van der Waals surface area contributed by atoms with E-state index in [0.717, 1.165) is 0 Å². The molecular formula is C31H61N2+. The minimum Gasteiger partial charge on any atom is -0.247 e. The average Bonchev–Trinajstić information content (AvgIpc) is 3.31. The highest BCUT2D eigenvalue weighted by atomic mass is 15.1. The molecule has 1 rings (SSSR count). The summed E-state index contributed by atoms with van der Waals surface area (Å²) in [6, 6.07) is 0.622. The lowest BCUT2D eigenvalue weighted by molar-refractivity contribution is -0.727. The lowest BCUT2D eigenvalue weighted by Gasteiger charge is -2.17. The first kappa shape index (κ1) is 30.2.